The van der Waals surface area contributed by atoms with E-state index in [2.05, 4.69) is 17.6 Å². The summed E-state index contributed by atoms with van der Waals surface area (Å²) in [6, 6.07) is 5.36. The summed E-state index contributed by atoms with van der Waals surface area (Å²) in [6.07, 6.45) is 1.03. The molecule has 1 heterocycles. The minimum atomic E-state index is -0.118. The van der Waals surface area contributed by atoms with E-state index in [0.717, 1.165) is 18.7 Å². The Bertz CT molecular complexity index is 490. The van der Waals surface area contributed by atoms with Crippen LogP contribution in [0.4, 0.5) is 5.69 Å². The maximum absolute atomic E-state index is 12.3. The molecule has 1 aliphatic rings. The zero-order chi connectivity index (χ0) is 15.2. The van der Waals surface area contributed by atoms with Gasteiger partial charge in [0.25, 0.3) is 0 Å². The Kier molecular flexibility index (Phi) is 5.44. The van der Waals surface area contributed by atoms with Gasteiger partial charge >= 0.3 is 0 Å². The summed E-state index contributed by atoms with van der Waals surface area (Å²) < 4.78 is 11.1. The van der Waals surface area contributed by atoms with E-state index < -0.39 is 0 Å². The fourth-order valence-corrected chi connectivity index (χ4v) is 2.53. The van der Waals surface area contributed by atoms with E-state index in [0.29, 0.717) is 30.6 Å². The minimum absolute atomic E-state index is 0.00612. The number of nitrogens with one attached hydrogen (secondary N) is 2. The average molecular weight is 292 g/mol. The molecule has 2 N–H and O–H groups in total. The smallest absolute Gasteiger partial charge is 0.241 e. The highest BCUT2D eigenvalue weighted by atomic mass is 16.5. The number of carbonyl (C=O) groups is 1. The van der Waals surface area contributed by atoms with E-state index in [1.807, 2.05) is 32.0 Å². The van der Waals surface area contributed by atoms with Crippen LogP contribution in [0.5, 0.6) is 11.5 Å². The summed E-state index contributed by atoms with van der Waals surface area (Å²) in [5.74, 6) is 1.72. The van der Waals surface area contributed by atoms with Gasteiger partial charge in [0.2, 0.25) is 5.91 Å². The Morgan fingerprint density at radius 2 is 2.00 bits per heavy atom. The van der Waals surface area contributed by atoms with E-state index in [1.54, 1.807) is 0 Å². The van der Waals surface area contributed by atoms with Crippen molar-refractivity contribution >= 4 is 11.6 Å². The van der Waals surface area contributed by atoms with Gasteiger partial charge in [-0.3, -0.25) is 4.79 Å². The molecule has 5 nitrogen and oxygen atoms in total. The van der Waals surface area contributed by atoms with Crippen molar-refractivity contribution in [3.05, 3.63) is 18.2 Å². The molecule has 0 aliphatic carbocycles. The van der Waals surface area contributed by atoms with Crippen LogP contribution in [0, 0.1) is 5.92 Å². The van der Waals surface area contributed by atoms with Gasteiger partial charge in [-0.15, -0.1) is 0 Å². The first-order valence-corrected chi connectivity index (χ1v) is 7.59. The Balaban J connectivity index is 2.09. The molecule has 1 aromatic rings. The van der Waals surface area contributed by atoms with Crippen molar-refractivity contribution in [3.63, 3.8) is 0 Å². The molecule has 5 heteroatoms. The zero-order valence-electron chi connectivity index (χ0n) is 12.9. The Morgan fingerprint density at radius 1 is 1.29 bits per heavy atom. The summed E-state index contributed by atoms with van der Waals surface area (Å²) in [7, 11) is 0. The van der Waals surface area contributed by atoms with Crippen molar-refractivity contribution in [3.8, 4) is 11.5 Å². The van der Waals surface area contributed by atoms with Gasteiger partial charge in [0.15, 0.2) is 11.5 Å². The standard InChI is InChI=1S/C16H24N2O3/c1-4-20-13-7-6-12(10-14(13)21-5-2)18-16(19)15-11(3)8-9-17-15/h6-7,10-11,15,17H,4-5,8-9H2,1-3H3,(H,18,19). The fourth-order valence-electron chi connectivity index (χ4n) is 2.53. The van der Waals surface area contributed by atoms with Crippen LogP contribution in [-0.2, 0) is 4.79 Å². The van der Waals surface area contributed by atoms with Crippen LogP contribution in [0.3, 0.4) is 0 Å². The van der Waals surface area contributed by atoms with Gasteiger partial charge in [0, 0.05) is 11.8 Å². The first-order chi connectivity index (χ1) is 10.2. The van der Waals surface area contributed by atoms with E-state index in [-0.39, 0.29) is 11.9 Å². The monoisotopic (exact) mass is 292 g/mol. The molecular formula is C16H24N2O3. The van der Waals surface area contributed by atoms with Gasteiger partial charge in [0.05, 0.1) is 19.3 Å². The van der Waals surface area contributed by atoms with Gasteiger partial charge in [-0.05, 0) is 44.9 Å². The number of carbonyl (C=O) groups excluding carboxylic acids is 1. The molecule has 1 aliphatic heterocycles. The van der Waals surface area contributed by atoms with E-state index in [4.69, 9.17) is 9.47 Å². The van der Waals surface area contributed by atoms with Crippen molar-refractivity contribution in [2.24, 2.45) is 5.92 Å². The van der Waals surface area contributed by atoms with Crippen LogP contribution < -0.4 is 20.1 Å². The summed E-state index contributed by atoms with van der Waals surface area (Å²) >= 11 is 0. The third-order valence-corrected chi connectivity index (χ3v) is 3.63. The maximum atomic E-state index is 12.3. The lowest BCUT2D eigenvalue weighted by atomic mass is 10.0. The van der Waals surface area contributed by atoms with Crippen LogP contribution in [0.15, 0.2) is 18.2 Å². The van der Waals surface area contributed by atoms with Gasteiger partial charge < -0.3 is 20.1 Å². The van der Waals surface area contributed by atoms with Crippen LogP contribution >= 0.6 is 0 Å². The molecule has 0 radical (unpaired) electrons. The van der Waals surface area contributed by atoms with Crippen LogP contribution in [0.2, 0.25) is 0 Å². The lowest BCUT2D eigenvalue weighted by molar-refractivity contribution is -0.118. The zero-order valence-corrected chi connectivity index (χ0v) is 12.9. The second kappa shape index (κ2) is 7.31. The third-order valence-electron chi connectivity index (χ3n) is 3.63. The predicted octanol–water partition coefficient (Wildman–Crippen LogP) is 2.42. The first-order valence-electron chi connectivity index (χ1n) is 7.59. The largest absolute Gasteiger partial charge is 0.490 e. The van der Waals surface area contributed by atoms with Crippen LogP contribution in [0.25, 0.3) is 0 Å². The number of amides is 1. The topological polar surface area (TPSA) is 59.6 Å². The molecule has 2 unspecified atom stereocenters. The highest BCUT2D eigenvalue weighted by Gasteiger charge is 2.29. The molecule has 1 saturated heterocycles. The molecule has 1 fully saturated rings. The van der Waals surface area contributed by atoms with Crippen LogP contribution in [-0.4, -0.2) is 31.7 Å². The normalized spacial score (nSPS) is 21.1. The lowest BCUT2D eigenvalue weighted by Gasteiger charge is -2.17. The van der Waals surface area contributed by atoms with Crippen LogP contribution in [0.1, 0.15) is 27.2 Å². The predicted molar refractivity (Wildman–Crippen MR) is 83.0 cm³/mol. The molecule has 2 rings (SSSR count). The molecule has 0 bridgehead atoms. The second-order valence-corrected chi connectivity index (χ2v) is 5.21. The quantitative estimate of drug-likeness (QED) is 0.845. The number of rotatable bonds is 6. The van der Waals surface area contributed by atoms with Gasteiger partial charge in [-0.2, -0.15) is 0 Å². The van der Waals surface area contributed by atoms with Gasteiger partial charge in [-0.25, -0.2) is 0 Å². The molecule has 1 amide bonds. The number of benzene rings is 1. The Morgan fingerprint density at radius 3 is 2.62 bits per heavy atom. The lowest BCUT2D eigenvalue weighted by Crippen LogP contribution is -2.39. The SMILES string of the molecule is CCOc1ccc(NC(=O)C2NCCC2C)cc1OCC. The van der Waals surface area contributed by atoms with Gasteiger partial charge in [0.1, 0.15) is 0 Å². The number of hydrogen-bond acceptors (Lipinski definition) is 4. The Labute approximate surface area is 126 Å². The number of anilines is 1. The molecule has 2 atom stereocenters. The maximum Gasteiger partial charge on any atom is 0.241 e. The number of hydrogen-bond donors (Lipinski definition) is 2. The average Bonchev–Trinajstić information content (AvgIpc) is 2.88. The molecule has 0 spiro atoms. The molecule has 0 aromatic heterocycles. The van der Waals surface area contributed by atoms with Crippen molar-refractivity contribution in [2.45, 2.75) is 33.2 Å². The number of ether oxygens (including phenoxy) is 2. The first kappa shape index (κ1) is 15.6. The second-order valence-electron chi connectivity index (χ2n) is 5.21. The summed E-state index contributed by atoms with van der Waals surface area (Å²) in [5.41, 5.74) is 0.729. The highest BCUT2D eigenvalue weighted by molar-refractivity contribution is 5.95. The Hall–Kier alpha value is -1.75. The molecular weight excluding hydrogens is 268 g/mol. The van der Waals surface area contributed by atoms with E-state index in [1.165, 1.54) is 0 Å². The summed E-state index contributed by atoms with van der Waals surface area (Å²) in [5, 5.41) is 6.18. The molecule has 116 valence electrons. The van der Waals surface area contributed by atoms with Crippen molar-refractivity contribution in [1.29, 1.82) is 0 Å². The van der Waals surface area contributed by atoms with E-state index in [9.17, 15) is 4.79 Å². The minimum Gasteiger partial charge on any atom is -0.490 e. The van der Waals surface area contributed by atoms with E-state index >= 15 is 0 Å². The molecule has 21 heavy (non-hydrogen) atoms. The van der Waals surface area contributed by atoms with Crippen molar-refractivity contribution in [1.82, 2.24) is 5.32 Å². The summed E-state index contributed by atoms with van der Waals surface area (Å²) in [4.78, 5) is 12.3. The highest BCUT2D eigenvalue weighted by Crippen LogP contribution is 2.31. The fraction of sp³-hybridized carbons (Fsp3) is 0.562. The van der Waals surface area contributed by atoms with Crippen molar-refractivity contribution < 1.29 is 14.3 Å². The molecule has 0 saturated carbocycles. The van der Waals surface area contributed by atoms with Gasteiger partial charge in [-0.1, -0.05) is 6.92 Å². The third kappa shape index (κ3) is 3.88. The summed E-state index contributed by atoms with van der Waals surface area (Å²) in [6.45, 7) is 7.97. The van der Waals surface area contributed by atoms with Crippen molar-refractivity contribution in [2.75, 3.05) is 25.1 Å². The molecule has 1 aromatic carbocycles.